The zero-order valence-corrected chi connectivity index (χ0v) is 16.3. The second-order valence-electron chi connectivity index (χ2n) is 7.01. The van der Waals surface area contributed by atoms with Gasteiger partial charge in [0.15, 0.2) is 0 Å². The molecule has 1 saturated heterocycles. The van der Waals surface area contributed by atoms with Gasteiger partial charge in [-0.05, 0) is 49.4 Å². The van der Waals surface area contributed by atoms with Crippen LogP contribution in [-0.2, 0) is 19.6 Å². The van der Waals surface area contributed by atoms with Gasteiger partial charge in [-0.25, -0.2) is 17.9 Å². The summed E-state index contributed by atoms with van der Waals surface area (Å²) in [4.78, 5) is 23.5. The topological polar surface area (TPSA) is 122 Å². The van der Waals surface area contributed by atoms with E-state index in [1.165, 1.54) is 24.3 Å². The Kier molecular flexibility index (Phi) is 7.34. The van der Waals surface area contributed by atoms with Crippen molar-refractivity contribution in [1.29, 1.82) is 0 Å². The van der Waals surface area contributed by atoms with Crippen molar-refractivity contribution in [3.05, 3.63) is 29.8 Å². The molecule has 1 fully saturated rings. The highest BCUT2D eigenvalue weighted by Gasteiger charge is 2.23. The van der Waals surface area contributed by atoms with Gasteiger partial charge in [0.25, 0.3) is 5.91 Å². The molecule has 0 saturated carbocycles. The van der Waals surface area contributed by atoms with Crippen LogP contribution >= 0.6 is 0 Å². The molecule has 2 unspecified atom stereocenters. The lowest BCUT2D eigenvalue weighted by Gasteiger charge is -2.16. The molecule has 1 heterocycles. The van der Waals surface area contributed by atoms with Crippen molar-refractivity contribution in [2.24, 2.45) is 5.92 Å². The van der Waals surface area contributed by atoms with Gasteiger partial charge in [0.05, 0.1) is 11.0 Å². The molecule has 8 nitrogen and oxygen atoms in total. The van der Waals surface area contributed by atoms with Crippen LogP contribution in [0.25, 0.3) is 0 Å². The molecule has 3 N–H and O–H groups in total. The van der Waals surface area contributed by atoms with Gasteiger partial charge in [0, 0.05) is 18.7 Å². The van der Waals surface area contributed by atoms with Crippen LogP contribution in [0.15, 0.2) is 29.2 Å². The van der Waals surface area contributed by atoms with E-state index >= 15 is 0 Å². The van der Waals surface area contributed by atoms with E-state index in [4.69, 9.17) is 4.74 Å². The first-order valence-corrected chi connectivity index (χ1v) is 10.4. The number of sulfonamides is 1. The molecule has 1 amide bonds. The zero-order chi connectivity index (χ0) is 20.0. The molecular weight excluding hydrogens is 372 g/mol. The number of hydrogen-bond acceptors (Lipinski definition) is 5. The van der Waals surface area contributed by atoms with Crippen molar-refractivity contribution in [1.82, 2.24) is 10.0 Å². The number of carbonyl (C=O) groups excluding carboxylic acids is 1. The lowest BCUT2D eigenvalue weighted by Crippen LogP contribution is -2.41. The summed E-state index contributed by atoms with van der Waals surface area (Å²) < 4.78 is 32.5. The van der Waals surface area contributed by atoms with Crippen LogP contribution in [0.4, 0.5) is 0 Å². The third kappa shape index (κ3) is 6.30. The number of amides is 1. The Bertz CT molecular complexity index is 755. The number of carbonyl (C=O) groups is 2. The monoisotopic (exact) mass is 398 g/mol. The molecule has 2 rings (SSSR count). The first-order chi connectivity index (χ1) is 12.7. The lowest BCUT2D eigenvalue weighted by molar-refractivity contribution is -0.139. The maximum atomic E-state index is 12.3. The summed E-state index contributed by atoms with van der Waals surface area (Å²) in [7, 11) is -3.70. The molecular formula is C18H26N2O6S. The minimum atomic E-state index is -3.70. The van der Waals surface area contributed by atoms with E-state index in [1.54, 1.807) is 0 Å². The van der Waals surface area contributed by atoms with Crippen molar-refractivity contribution in [3.63, 3.8) is 0 Å². The molecule has 1 aromatic carbocycles. The van der Waals surface area contributed by atoms with Gasteiger partial charge in [0.1, 0.15) is 6.04 Å². The number of aliphatic carboxylic acids is 1. The summed E-state index contributed by atoms with van der Waals surface area (Å²) in [6, 6.07) is 4.39. The quantitative estimate of drug-likeness (QED) is 0.578. The van der Waals surface area contributed by atoms with Gasteiger partial charge in [-0.2, -0.15) is 0 Å². The summed E-state index contributed by atoms with van der Waals surface area (Å²) >= 11 is 0. The Morgan fingerprint density at radius 2 is 1.93 bits per heavy atom. The SMILES string of the molecule is CC(C)CC(NC(=O)c1ccc(S(=O)(=O)NCC2CCCO2)cc1)C(=O)O. The average molecular weight is 398 g/mol. The first-order valence-electron chi connectivity index (χ1n) is 8.94. The van der Waals surface area contributed by atoms with Crippen molar-refractivity contribution in [2.45, 2.75) is 50.2 Å². The van der Waals surface area contributed by atoms with Crippen molar-refractivity contribution in [3.8, 4) is 0 Å². The lowest BCUT2D eigenvalue weighted by atomic mass is 10.0. The Morgan fingerprint density at radius 3 is 2.44 bits per heavy atom. The second-order valence-corrected chi connectivity index (χ2v) is 8.77. The molecule has 0 aliphatic carbocycles. The van der Waals surface area contributed by atoms with Gasteiger partial charge in [-0.15, -0.1) is 0 Å². The van der Waals surface area contributed by atoms with Gasteiger partial charge in [-0.1, -0.05) is 13.8 Å². The molecule has 150 valence electrons. The maximum Gasteiger partial charge on any atom is 0.326 e. The Labute approximate surface area is 159 Å². The highest BCUT2D eigenvalue weighted by molar-refractivity contribution is 7.89. The number of ether oxygens (including phenoxy) is 1. The molecule has 9 heteroatoms. The minimum Gasteiger partial charge on any atom is -0.480 e. The molecule has 1 aliphatic heterocycles. The van der Waals surface area contributed by atoms with Gasteiger partial charge < -0.3 is 15.2 Å². The van der Waals surface area contributed by atoms with Gasteiger partial charge >= 0.3 is 5.97 Å². The maximum absolute atomic E-state index is 12.3. The van der Waals surface area contributed by atoms with E-state index in [-0.39, 0.29) is 29.0 Å². The molecule has 0 aromatic heterocycles. The molecule has 27 heavy (non-hydrogen) atoms. The number of rotatable bonds is 9. The van der Waals surface area contributed by atoms with E-state index in [1.807, 2.05) is 13.8 Å². The molecule has 0 spiro atoms. The Balaban J connectivity index is 2.00. The van der Waals surface area contributed by atoms with Gasteiger partial charge in [-0.3, -0.25) is 4.79 Å². The predicted octanol–water partition coefficient (Wildman–Crippen LogP) is 1.37. The number of nitrogens with one attached hydrogen (secondary N) is 2. The minimum absolute atomic E-state index is 0.0361. The summed E-state index contributed by atoms with van der Waals surface area (Å²) in [5.74, 6) is -1.55. The largest absolute Gasteiger partial charge is 0.480 e. The van der Waals surface area contributed by atoms with E-state index < -0.39 is 27.9 Å². The zero-order valence-electron chi connectivity index (χ0n) is 15.5. The van der Waals surface area contributed by atoms with Gasteiger partial charge in [0.2, 0.25) is 10.0 Å². The summed E-state index contributed by atoms with van der Waals surface area (Å²) in [6.45, 7) is 4.58. The smallest absolute Gasteiger partial charge is 0.326 e. The van der Waals surface area contributed by atoms with Crippen LogP contribution in [0.1, 0.15) is 43.5 Å². The fourth-order valence-electron chi connectivity index (χ4n) is 2.81. The number of benzene rings is 1. The number of carboxylic acids is 1. The van der Waals surface area contributed by atoms with Crippen LogP contribution < -0.4 is 10.0 Å². The molecule has 1 aliphatic rings. The first kappa shape index (κ1) is 21.3. The van der Waals surface area contributed by atoms with E-state index in [2.05, 4.69) is 10.0 Å². The molecule has 2 atom stereocenters. The van der Waals surface area contributed by atoms with Crippen LogP contribution in [0.5, 0.6) is 0 Å². The highest BCUT2D eigenvalue weighted by atomic mass is 32.2. The Hall–Kier alpha value is -1.97. The van der Waals surface area contributed by atoms with Crippen LogP contribution in [0.2, 0.25) is 0 Å². The molecule has 0 radical (unpaired) electrons. The van der Waals surface area contributed by atoms with E-state index in [0.717, 1.165) is 12.8 Å². The molecule has 1 aromatic rings. The van der Waals surface area contributed by atoms with Crippen LogP contribution in [0.3, 0.4) is 0 Å². The van der Waals surface area contributed by atoms with Crippen LogP contribution in [0, 0.1) is 5.92 Å². The number of carboxylic acid groups (broad SMARTS) is 1. The normalized spacial score (nSPS) is 18.4. The summed E-state index contributed by atoms with van der Waals surface area (Å²) in [6.07, 6.45) is 1.94. The predicted molar refractivity (Wildman–Crippen MR) is 98.9 cm³/mol. The van der Waals surface area contributed by atoms with E-state index in [9.17, 15) is 23.1 Å². The highest BCUT2D eigenvalue weighted by Crippen LogP contribution is 2.14. The third-order valence-corrected chi connectivity index (χ3v) is 5.70. The average Bonchev–Trinajstić information content (AvgIpc) is 3.12. The standard InChI is InChI=1S/C18H26N2O6S/c1-12(2)10-16(18(22)23)20-17(21)13-5-7-15(8-6-13)27(24,25)19-11-14-4-3-9-26-14/h5-8,12,14,16,19H,3-4,9-11H2,1-2H3,(H,20,21)(H,22,23). The number of hydrogen-bond donors (Lipinski definition) is 3. The van der Waals surface area contributed by atoms with Crippen LogP contribution in [-0.4, -0.2) is 50.7 Å². The summed E-state index contributed by atoms with van der Waals surface area (Å²) in [5, 5.41) is 11.7. The third-order valence-electron chi connectivity index (χ3n) is 4.26. The fourth-order valence-corrected chi connectivity index (χ4v) is 3.88. The summed E-state index contributed by atoms with van der Waals surface area (Å²) in [5.41, 5.74) is 0.197. The fraction of sp³-hybridized carbons (Fsp3) is 0.556. The van der Waals surface area contributed by atoms with Crippen molar-refractivity contribution in [2.75, 3.05) is 13.2 Å². The van der Waals surface area contributed by atoms with E-state index in [0.29, 0.717) is 13.0 Å². The van der Waals surface area contributed by atoms with Crippen molar-refractivity contribution < 1.29 is 27.9 Å². The van der Waals surface area contributed by atoms with Crippen molar-refractivity contribution >= 4 is 21.9 Å². The Morgan fingerprint density at radius 1 is 1.26 bits per heavy atom. The second kappa shape index (κ2) is 9.29. The molecule has 0 bridgehead atoms.